The van der Waals surface area contributed by atoms with Gasteiger partial charge in [0.15, 0.2) is 17.2 Å². The molecule has 0 atom stereocenters. The van der Waals surface area contributed by atoms with Crippen molar-refractivity contribution in [2.24, 2.45) is 4.99 Å². The Labute approximate surface area is 185 Å². The molecule has 1 heterocycles. The lowest BCUT2D eigenvalue weighted by molar-refractivity contribution is -0.129. The summed E-state index contributed by atoms with van der Waals surface area (Å²) < 4.78 is 16.2. The summed E-state index contributed by atoms with van der Waals surface area (Å²) in [6.07, 6.45) is 1.60. The molecular formula is C26H21NO5. The molecule has 1 aliphatic rings. The second kappa shape index (κ2) is 8.89. The van der Waals surface area contributed by atoms with Crippen molar-refractivity contribution in [3.8, 4) is 11.5 Å². The van der Waals surface area contributed by atoms with Crippen LogP contribution in [0, 0.1) is 13.8 Å². The molecular weight excluding hydrogens is 406 g/mol. The Balaban J connectivity index is 1.58. The van der Waals surface area contributed by atoms with Crippen LogP contribution in [0.1, 0.15) is 32.6 Å². The monoisotopic (exact) mass is 427 g/mol. The second-order valence-electron chi connectivity index (χ2n) is 7.32. The predicted octanol–water partition coefficient (Wildman–Crippen LogP) is 4.88. The summed E-state index contributed by atoms with van der Waals surface area (Å²) in [5, 5.41) is 0. The Kier molecular flexibility index (Phi) is 5.85. The lowest BCUT2D eigenvalue weighted by Crippen LogP contribution is -2.10. The van der Waals surface area contributed by atoms with Gasteiger partial charge in [0.2, 0.25) is 5.90 Å². The first-order valence-corrected chi connectivity index (χ1v) is 10.00. The van der Waals surface area contributed by atoms with Crippen molar-refractivity contribution >= 4 is 23.9 Å². The maximum absolute atomic E-state index is 12.5. The van der Waals surface area contributed by atoms with Gasteiger partial charge in [0.1, 0.15) is 0 Å². The highest BCUT2D eigenvalue weighted by Crippen LogP contribution is 2.30. The normalized spacial score (nSPS) is 14.2. The summed E-state index contributed by atoms with van der Waals surface area (Å²) >= 11 is 0. The molecule has 0 radical (unpaired) electrons. The fourth-order valence-electron chi connectivity index (χ4n) is 3.20. The largest absolute Gasteiger partial charge is 0.493 e. The summed E-state index contributed by atoms with van der Waals surface area (Å²) in [6, 6.07) is 19.7. The van der Waals surface area contributed by atoms with E-state index in [-0.39, 0.29) is 17.3 Å². The lowest BCUT2D eigenvalue weighted by atomic mass is 10.1. The van der Waals surface area contributed by atoms with Gasteiger partial charge in [0, 0.05) is 5.56 Å². The Bertz CT molecular complexity index is 1260. The summed E-state index contributed by atoms with van der Waals surface area (Å²) in [5.74, 6) is -0.109. The molecule has 6 nitrogen and oxygen atoms in total. The van der Waals surface area contributed by atoms with Crippen molar-refractivity contribution < 1.29 is 23.8 Å². The second-order valence-corrected chi connectivity index (χ2v) is 7.32. The SMILES string of the molecule is COc1cc(/C=C2\N=C(c3ccc(C)cc3)OC2=O)ccc1OC(=O)c1ccccc1C. The summed E-state index contributed by atoms with van der Waals surface area (Å²) in [5.41, 5.74) is 3.95. The molecule has 3 aromatic rings. The average molecular weight is 427 g/mol. The molecule has 6 heteroatoms. The first kappa shape index (κ1) is 21.1. The van der Waals surface area contributed by atoms with E-state index in [4.69, 9.17) is 14.2 Å². The summed E-state index contributed by atoms with van der Waals surface area (Å²) in [7, 11) is 1.48. The molecule has 0 fully saturated rings. The van der Waals surface area contributed by atoms with E-state index in [2.05, 4.69) is 4.99 Å². The number of hydrogen-bond donors (Lipinski definition) is 0. The van der Waals surface area contributed by atoms with E-state index in [1.165, 1.54) is 7.11 Å². The molecule has 0 N–H and O–H groups in total. The van der Waals surface area contributed by atoms with Crippen molar-refractivity contribution in [3.05, 3.63) is 100 Å². The average Bonchev–Trinajstić information content (AvgIpc) is 3.15. The van der Waals surface area contributed by atoms with E-state index < -0.39 is 11.9 Å². The van der Waals surface area contributed by atoms with E-state index in [0.29, 0.717) is 16.9 Å². The third-order valence-corrected chi connectivity index (χ3v) is 4.98. The van der Waals surface area contributed by atoms with Gasteiger partial charge in [0.05, 0.1) is 12.7 Å². The lowest BCUT2D eigenvalue weighted by Gasteiger charge is -2.11. The van der Waals surface area contributed by atoms with Gasteiger partial charge in [-0.3, -0.25) is 0 Å². The molecule has 0 spiro atoms. The maximum atomic E-state index is 12.5. The van der Waals surface area contributed by atoms with Crippen LogP contribution in [0.25, 0.3) is 6.08 Å². The fourth-order valence-corrected chi connectivity index (χ4v) is 3.20. The smallest absolute Gasteiger partial charge is 0.363 e. The third-order valence-electron chi connectivity index (χ3n) is 4.98. The molecule has 0 unspecified atom stereocenters. The van der Waals surface area contributed by atoms with Crippen LogP contribution < -0.4 is 9.47 Å². The number of benzene rings is 3. The highest BCUT2D eigenvalue weighted by atomic mass is 16.6. The minimum atomic E-state index is -0.533. The molecule has 4 rings (SSSR count). The highest BCUT2D eigenvalue weighted by Gasteiger charge is 2.24. The molecule has 0 amide bonds. The Morgan fingerprint density at radius 2 is 1.72 bits per heavy atom. The van der Waals surface area contributed by atoms with Crippen molar-refractivity contribution in [2.75, 3.05) is 7.11 Å². The van der Waals surface area contributed by atoms with Gasteiger partial charge in [0.25, 0.3) is 0 Å². The van der Waals surface area contributed by atoms with Gasteiger partial charge in [-0.2, -0.15) is 0 Å². The van der Waals surface area contributed by atoms with Gasteiger partial charge >= 0.3 is 11.9 Å². The third kappa shape index (κ3) is 4.44. The van der Waals surface area contributed by atoms with Crippen LogP contribution in [0.2, 0.25) is 0 Å². The number of carbonyl (C=O) groups is 2. The number of rotatable bonds is 5. The minimum absolute atomic E-state index is 0.173. The summed E-state index contributed by atoms with van der Waals surface area (Å²) in [6.45, 7) is 3.82. The molecule has 0 saturated heterocycles. The first-order valence-electron chi connectivity index (χ1n) is 10.00. The topological polar surface area (TPSA) is 74.2 Å². The van der Waals surface area contributed by atoms with Crippen molar-refractivity contribution in [2.45, 2.75) is 13.8 Å². The van der Waals surface area contributed by atoms with E-state index in [0.717, 1.165) is 16.7 Å². The molecule has 0 bridgehead atoms. The van der Waals surface area contributed by atoms with Crippen LogP contribution in [0.3, 0.4) is 0 Å². The number of esters is 2. The number of carbonyl (C=O) groups excluding carboxylic acids is 2. The number of aliphatic imine (C=N–C) groups is 1. The molecule has 160 valence electrons. The number of nitrogens with zero attached hydrogens (tertiary/aromatic N) is 1. The molecule has 32 heavy (non-hydrogen) atoms. The van der Waals surface area contributed by atoms with Gasteiger partial charge in [-0.25, -0.2) is 14.6 Å². The molecule has 3 aromatic carbocycles. The molecule has 0 aliphatic carbocycles. The Morgan fingerprint density at radius 1 is 0.969 bits per heavy atom. The highest BCUT2D eigenvalue weighted by molar-refractivity contribution is 6.12. The fraction of sp³-hybridized carbons (Fsp3) is 0.115. The van der Waals surface area contributed by atoms with E-state index in [9.17, 15) is 9.59 Å². The van der Waals surface area contributed by atoms with Crippen molar-refractivity contribution in [3.63, 3.8) is 0 Å². The van der Waals surface area contributed by atoms with Crippen LogP contribution in [0.15, 0.2) is 77.4 Å². The minimum Gasteiger partial charge on any atom is -0.493 e. The van der Waals surface area contributed by atoms with Crippen LogP contribution in [0.5, 0.6) is 11.5 Å². The van der Waals surface area contributed by atoms with E-state index in [1.54, 1.807) is 36.4 Å². The number of aryl methyl sites for hydroxylation is 2. The van der Waals surface area contributed by atoms with Crippen LogP contribution >= 0.6 is 0 Å². The van der Waals surface area contributed by atoms with Crippen molar-refractivity contribution in [1.29, 1.82) is 0 Å². The number of cyclic esters (lactones) is 1. The van der Waals surface area contributed by atoms with Gasteiger partial charge in [-0.1, -0.05) is 42.0 Å². The zero-order valence-electron chi connectivity index (χ0n) is 17.9. The quantitative estimate of drug-likeness (QED) is 0.330. The van der Waals surface area contributed by atoms with Gasteiger partial charge in [-0.15, -0.1) is 0 Å². The first-order chi connectivity index (χ1) is 15.4. The Hall–Kier alpha value is -4.19. The van der Waals surface area contributed by atoms with Crippen LogP contribution in [-0.2, 0) is 9.53 Å². The standard InChI is InChI=1S/C26H21NO5/c1-16-8-11-19(12-9-16)24-27-21(26(29)32-24)14-18-10-13-22(23(15-18)30-3)31-25(28)20-7-5-4-6-17(20)2/h4-15H,1-3H3/b21-14-. The molecule has 0 saturated carbocycles. The molecule has 0 aromatic heterocycles. The molecule has 1 aliphatic heterocycles. The predicted molar refractivity (Wildman–Crippen MR) is 121 cm³/mol. The number of methoxy groups -OCH3 is 1. The zero-order chi connectivity index (χ0) is 22.7. The van der Waals surface area contributed by atoms with Crippen LogP contribution in [-0.4, -0.2) is 24.9 Å². The van der Waals surface area contributed by atoms with E-state index >= 15 is 0 Å². The van der Waals surface area contributed by atoms with Crippen molar-refractivity contribution in [1.82, 2.24) is 0 Å². The van der Waals surface area contributed by atoms with Gasteiger partial charge in [-0.05, 0) is 61.4 Å². The van der Waals surface area contributed by atoms with Crippen LogP contribution in [0.4, 0.5) is 0 Å². The van der Waals surface area contributed by atoms with Gasteiger partial charge < -0.3 is 14.2 Å². The maximum Gasteiger partial charge on any atom is 0.363 e. The Morgan fingerprint density at radius 3 is 2.44 bits per heavy atom. The number of ether oxygens (including phenoxy) is 3. The summed E-state index contributed by atoms with van der Waals surface area (Å²) in [4.78, 5) is 29.1. The van der Waals surface area contributed by atoms with E-state index in [1.807, 2.05) is 50.2 Å². The number of hydrogen-bond acceptors (Lipinski definition) is 6. The zero-order valence-corrected chi connectivity index (χ0v) is 17.9.